The third-order valence-electron chi connectivity index (χ3n) is 7.92. The van der Waals surface area contributed by atoms with Crippen molar-refractivity contribution in [3.05, 3.63) is 33.9 Å². The van der Waals surface area contributed by atoms with Crippen LogP contribution in [0, 0.1) is 26.9 Å². The van der Waals surface area contributed by atoms with Gasteiger partial charge in [-0.1, -0.05) is 20.8 Å². The number of morpholine rings is 1. The van der Waals surface area contributed by atoms with E-state index in [1.165, 1.54) is 24.6 Å². The molecule has 1 N–H and O–H groups in total. The van der Waals surface area contributed by atoms with Crippen molar-refractivity contribution in [3.8, 4) is 0 Å². The number of nitro benzene ring substituents is 1. The molecule has 2 atom stereocenters. The fourth-order valence-corrected chi connectivity index (χ4v) is 5.35. The van der Waals surface area contributed by atoms with Gasteiger partial charge in [-0.05, 0) is 36.7 Å². The number of amides is 1. The molecule has 2 aliphatic carbocycles. The fourth-order valence-electron chi connectivity index (χ4n) is 5.35. The molecule has 1 amide bonds. The topological polar surface area (TPSA) is 123 Å². The second kappa shape index (κ2) is 8.74. The minimum atomic E-state index is -0.795. The predicted octanol–water partition coefficient (Wildman–Crippen LogP) is 2.91. The van der Waals surface area contributed by atoms with Crippen molar-refractivity contribution in [2.24, 2.45) is 21.8 Å². The minimum Gasteiger partial charge on any atom is -0.452 e. The number of esters is 1. The molecule has 3 aliphatic rings. The number of nitrogens with one attached hydrogen (secondary N) is 1. The lowest BCUT2D eigenvalue weighted by molar-refractivity contribution is -0.384. The van der Waals surface area contributed by atoms with E-state index in [-0.39, 0.29) is 22.1 Å². The number of non-ortho nitro benzene ring substituents is 1. The third-order valence-corrected chi connectivity index (χ3v) is 7.92. The number of carbonyl (C=O) groups is 2. The highest BCUT2D eigenvalue weighted by Crippen LogP contribution is 2.63. The van der Waals surface area contributed by atoms with Gasteiger partial charge >= 0.3 is 5.97 Å². The first-order valence-electron chi connectivity index (χ1n) is 11.3. The van der Waals surface area contributed by atoms with Crippen LogP contribution < -0.4 is 10.3 Å². The first kappa shape index (κ1) is 23.2. The number of rotatable bonds is 6. The minimum absolute atomic E-state index is 0.0440. The fraction of sp³-hybridized carbons (Fsp3) is 0.609. The summed E-state index contributed by atoms with van der Waals surface area (Å²) in [5.41, 5.74) is 3.95. The van der Waals surface area contributed by atoms with Gasteiger partial charge in [0.2, 0.25) is 0 Å². The molecule has 10 nitrogen and oxygen atoms in total. The van der Waals surface area contributed by atoms with E-state index in [0.717, 1.165) is 18.6 Å². The number of hydrazone groups is 1. The Hall–Kier alpha value is -3.01. The lowest BCUT2D eigenvalue weighted by Crippen LogP contribution is -2.37. The highest BCUT2D eigenvalue weighted by molar-refractivity contribution is 5.98. The van der Waals surface area contributed by atoms with Crippen LogP contribution in [-0.4, -0.2) is 55.4 Å². The Balaban J connectivity index is 1.42. The largest absolute Gasteiger partial charge is 0.452 e. The molecule has 0 spiro atoms. The van der Waals surface area contributed by atoms with Crippen molar-refractivity contribution in [1.82, 2.24) is 5.43 Å². The molecule has 1 aromatic rings. The molecule has 10 heteroatoms. The lowest BCUT2D eigenvalue weighted by Gasteiger charge is -2.34. The van der Waals surface area contributed by atoms with Crippen molar-refractivity contribution in [2.75, 3.05) is 37.8 Å². The summed E-state index contributed by atoms with van der Waals surface area (Å²) in [6.07, 6.45) is 3.08. The Labute approximate surface area is 192 Å². The Bertz CT molecular complexity index is 1000. The molecule has 3 fully saturated rings. The predicted molar refractivity (Wildman–Crippen MR) is 121 cm³/mol. The highest BCUT2D eigenvalue weighted by Gasteiger charge is 2.60. The summed E-state index contributed by atoms with van der Waals surface area (Å²) in [4.78, 5) is 37.7. The molecule has 1 saturated heterocycles. The molecule has 1 aromatic carbocycles. The molecule has 178 valence electrons. The maximum absolute atomic E-state index is 12.8. The standard InChI is InChI=1S/C23H30N4O6/c1-22(2)15-6-7-23(22,3)19(12-15)24-25-20(28)14-33-21(29)17-13-16(27(30)31)4-5-18(17)26-8-10-32-11-9-26/h4-5,13,15H,6-12,14H2,1-3H3,(H,25,28)/b24-19-. The Morgan fingerprint density at radius 3 is 2.64 bits per heavy atom. The first-order chi connectivity index (χ1) is 15.6. The van der Waals surface area contributed by atoms with E-state index in [0.29, 0.717) is 37.9 Å². The average molecular weight is 459 g/mol. The number of hydrogen-bond acceptors (Lipinski definition) is 8. The number of fused-ring (bicyclic) bond motifs is 2. The van der Waals surface area contributed by atoms with Crippen molar-refractivity contribution in [1.29, 1.82) is 0 Å². The van der Waals surface area contributed by atoms with Gasteiger partial charge in [-0.3, -0.25) is 14.9 Å². The number of benzene rings is 1. The van der Waals surface area contributed by atoms with Gasteiger partial charge in [0, 0.05) is 36.3 Å². The van der Waals surface area contributed by atoms with Crippen molar-refractivity contribution in [2.45, 2.75) is 40.0 Å². The second-order valence-electron chi connectivity index (χ2n) is 9.72. The number of carbonyl (C=O) groups excluding carboxylic acids is 2. The van der Waals surface area contributed by atoms with Crippen LogP contribution in [0.3, 0.4) is 0 Å². The van der Waals surface area contributed by atoms with Crippen LogP contribution >= 0.6 is 0 Å². The van der Waals surface area contributed by atoms with E-state index >= 15 is 0 Å². The van der Waals surface area contributed by atoms with Crippen LogP contribution in [0.15, 0.2) is 23.3 Å². The van der Waals surface area contributed by atoms with Gasteiger partial charge in [-0.2, -0.15) is 5.10 Å². The van der Waals surface area contributed by atoms with Crippen molar-refractivity contribution < 1.29 is 24.0 Å². The van der Waals surface area contributed by atoms with Gasteiger partial charge in [-0.25, -0.2) is 10.2 Å². The molecular formula is C23H30N4O6. The Morgan fingerprint density at radius 2 is 2.03 bits per heavy atom. The molecule has 2 unspecified atom stereocenters. The lowest BCUT2D eigenvalue weighted by atomic mass is 9.70. The van der Waals surface area contributed by atoms with Crippen LogP contribution in [0.4, 0.5) is 11.4 Å². The van der Waals surface area contributed by atoms with Gasteiger partial charge in [0.15, 0.2) is 6.61 Å². The van der Waals surface area contributed by atoms with Crippen LogP contribution in [0.1, 0.15) is 50.4 Å². The zero-order valence-electron chi connectivity index (χ0n) is 19.3. The molecule has 2 saturated carbocycles. The summed E-state index contributed by atoms with van der Waals surface area (Å²) in [6, 6.07) is 4.06. The molecule has 0 radical (unpaired) electrons. The van der Waals surface area contributed by atoms with Gasteiger partial charge in [0.25, 0.3) is 11.6 Å². The molecular weight excluding hydrogens is 428 g/mol. The summed E-state index contributed by atoms with van der Waals surface area (Å²) in [7, 11) is 0. The normalized spacial score (nSPS) is 26.9. The monoisotopic (exact) mass is 458 g/mol. The SMILES string of the molecule is CC12CCC(C/C1=N/NC(=O)COC(=O)c1cc([N+](=O)[O-])ccc1N1CCOCC1)C2(C)C. The number of hydrogen-bond donors (Lipinski definition) is 1. The van der Waals surface area contributed by atoms with Crippen molar-refractivity contribution in [3.63, 3.8) is 0 Å². The average Bonchev–Trinajstić information content (AvgIpc) is 3.14. The number of nitrogens with zero attached hydrogens (tertiary/aromatic N) is 3. The highest BCUT2D eigenvalue weighted by atomic mass is 16.6. The van der Waals surface area contributed by atoms with Gasteiger partial charge in [-0.15, -0.1) is 0 Å². The van der Waals surface area contributed by atoms with E-state index in [4.69, 9.17) is 9.47 Å². The smallest absolute Gasteiger partial charge is 0.341 e. The molecule has 4 rings (SSSR count). The maximum atomic E-state index is 12.8. The third kappa shape index (κ3) is 4.19. The van der Waals surface area contributed by atoms with Crippen LogP contribution in [-0.2, 0) is 14.3 Å². The van der Waals surface area contributed by atoms with Crippen molar-refractivity contribution >= 4 is 29.0 Å². The first-order valence-corrected chi connectivity index (χ1v) is 11.3. The van der Waals surface area contributed by atoms with E-state index < -0.39 is 23.4 Å². The second-order valence-corrected chi connectivity index (χ2v) is 9.72. The van der Waals surface area contributed by atoms with E-state index in [2.05, 4.69) is 31.3 Å². The van der Waals surface area contributed by atoms with Gasteiger partial charge in [0.05, 0.1) is 29.4 Å². The van der Waals surface area contributed by atoms with E-state index in [1.807, 2.05) is 4.90 Å². The number of anilines is 1. The van der Waals surface area contributed by atoms with Crippen LogP contribution in [0.5, 0.6) is 0 Å². The zero-order valence-corrected chi connectivity index (χ0v) is 19.3. The van der Waals surface area contributed by atoms with Gasteiger partial charge < -0.3 is 14.4 Å². The van der Waals surface area contributed by atoms with E-state index in [9.17, 15) is 19.7 Å². The maximum Gasteiger partial charge on any atom is 0.341 e. The molecule has 1 heterocycles. The summed E-state index contributed by atoms with van der Waals surface area (Å²) >= 11 is 0. The molecule has 0 aromatic heterocycles. The molecule has 2 bridgehead atoms. The Morgan fingerprint density at radius 1 is 1.30 bits per heavy atom. The quantitative estimate of drug-likeness (QED) is 0.395. The van der Waals surface area contributed by atoms with Crippen LogP contribution in [0.25, 0.3) is 0 Å². The summed E-state index contributed by atoms with van der Waals surface area (Å²) in [5, 5.41) is 15.6. The van der Waals surface area contributed by atoms with E-state index in [1.54, 1.807) is 0 Å². The zero-order chi connectivity index (χ0) is 23.8. The Kier molecular flexibility index (Phi) is 6.13. The molecule has 1 aliphatic heterocycles. The number of ether oxygens (including phenoxy) is 2. The summed E-state index contributed by atoms with van der Waals surface area (Å²) in [5.74, 6) is -0.780. The summed E-state index contributed by atoms with van der Waals surface area (Å²) < 4.78 is 10.5. The summed E-state index contributed by atoms with van der Waals surface area (Å²) in [6.45, 7) is 8.25. The number of nitro groups is 1. The van der Waals surface area contributed by atoms with Crippen LogP contribution in [0.2, 0.25) is 0 Å². The molecule has 33 heavy (non-hydrogen) atoms. The van der Waals surface area contributed by atoms with Gasteiger partial charge in [0.1, 0.15) is 0 Å².